The number of carboxylic acid groups (broad SMARTS) is 1. The largest absolute Gasteiger partial charge is 0.481 e. The highest BCUT2D eigenvalue weighted by Gasteiger charge is 2.73. The van der Waals surface area contributed by atoms with Crippen molar-refractivity contribution in [1.29, 1.82) is 0 Å². The topological polar surface area (TPSA) is 124 Å². The molecule has 0 saturated heterocycles. The molecular weight excluding hydrogens is 388 g/mol. The molecule has 1 aliphatic heterocycles. The highest BCUT2D eigenvalue weighted by atomic mass is 16.5. The predicted molar refractivity (Wildman–Crippen MR) is 105 cm³/mol. The summed E-state index contributed by atoms with van der Waals surface area (Å²) in [5, 5.41) is 44.1. The molecule has 166 valence electrons. The summed E-state index contributed by atoms with van der Waals surface area (Å²) in [6.45, 7) is 2.36. The van der Waals surface area contributed by atoms with Gasteiger partial charge in [0.1, 0.15) is 6.61 Å². The summed E-state index contributed by atoms with van der Waals surface area (Å²) in [5.41, 5.74) is -3.30. The molecule has 4 saturated carbocycles. The summed E-state index contributed by atoms with van der Waals surface area (Å²) in [7, 11) is 0. The van der Waals surface area contributed by atoms with Crippen LogP contribution >= 0.6 is 0 Å². The fraction of sp³-hybridized carbons (Fsp3) is 0.826. The number of hydrogen-bond acceptors (Lipinski definition) is 6. The summed E-state index contributed by atoms with van der Waals surface area (Å²) in [6, 6.07) is 0. The average Bonchev–Trinajstić information content (AvgIpc) is 3.21. The summed E-state index contributed by atoms with van der Waals surface area (Å²) >= 11 is 0. The maximum absolute atomic E-state index is 12.7. The Labute approximate surface area is 176 Å². The second-order valence-corrected chi connectivity index (χ2v) is 10.8. The van der Waals surface area contributed by atoms with Crippen molar-refractivity contribution < 1.29 is 34.8 Å². The Morgan fingerprint density at radius 2 is 1.80 bits per heavy atom. The average molecular weight is 421 g/mol. The monoisotopic (exact) mass is 420 g/mol. The van der Waals surface area contributed by atoms with Crippen LogP contribution in [0.1, 0.15) is 64.7 Å². The maximum Gasteiger partial charge on any atom is 0.331 e. The predicted octanol–water partition coefficient (Wildman–Crippen LogP) is 1.78. The minimum atomic E-state index is -1.44. The van der Waals surface area contributed by atoms with Crippen LogP contribution in [0.2, 0.25) is 0 Å². The first-order chi connectivity index (χ1) is 14.1. The number of carbonyl (C=O) groups is 2. The molecule has 4 aliphatic carbocycles. The van der Waals surface area contributed by atoms with Gasteiger partial charge in [0.2, 0.25) is 0 Å². The molecule has 0 radical (unpaired) electrons. The number of ether oxygens (including phenoxy) is 1. The minimum absolute atomic E-state index is 0.0460. The number of carbonyl (C=O) groups excluding carboxylic acids is 1. The number of rotatable bonds is 2. The van der Waals surface area contributed by atoms with Crippen molar-refractivity contribution in [1.82, 2.24) is 0 Å². The zero-order chi connectivity index (χ0) is 21.5. The molecule has 4 fully saturated rings. The molecule has 0 aromatic rings. The lowest BCUT2D eigenvalue weighted by molar-refractivity contribution is -0.260. The minimum Gasteiger partial charge on any atom is -0.481 e. The van der Waals surface area contributed by atoms with E-state index < -0.39 is 34.1 Å². The molecule has 0 aromatic carbocycles. The summed E-state index contributed by atoms with van der Waals surface area (Å²) in [6.07, 6.45) is 5.00. The van der Waals surface area contributed by atoms with E-state index in [9.17, 15) is 30.0 Å². The van der Waals surface area contributed by atoms with E-state index in [1.165, 1.54) is 0 Å². The smallest absolute Gasteiger partial charge is 0.331 e. The number of cyclic esters (lactones) is 1. The van der Waals surface area contributed by atoms with Gasteiger partial charge in [-0.3, -0.25) is 4.79 Å². The molecule has 30 heavy (non-hydrogen) atoms. The molecule has 8 atom stereocenters. The van der Waals surface area contributed by atoms with E-state index >= 15 is 0 Å². The van der Waals surface area contributed by atoms with Crippen LogP contribution in [0.5, 0.6) is 0 Å². The molecule has 2 unspecified atom stereocenters. The number of aliphatic hydroxyl groups is 3. The summed E-state index contributed by atoms with van der Waals surface area (Å²) in [5.74, 6) is -1.82. The van der Waals surface area contributed by atoms with Crippen molar-refractivity contribution >= 4 is 11.9 Å². The Kier molecular flexibility index (Phi) is 4.30. The van der Waals surface area contributed by atoms with Crippen LogP contribution in [0.3, 0.4) is 0 Å². The van der Waals surface area contributed by atoms with Gasteiger partial charge in [-0.25, -0.2) is 4.79 Å². The van der Waals surface area contributed by atoms with Crippen molar-refractivity contribution in [2.45, 2.75) is 82.0 Å². The molecular formula is C23H32O7. The molecule has 7 nitrogen and oxygen atoms in total. The zero-order valence-corrected chi connectivity index (χ0v) is 17.5. The van der Waals surface area contributed by atoms with E-state index in [1.807, 2.05) is 0 Å². The van der Waals surface area contributed by atoms with Gasteiger partial charge < -0.3 is 25.2 Å². The molecule has 0 bridgehead atoms. The second-order valence-electron chi connectivity index (χ2n) is 10.8. The molecule has 0 aromatic heterocycles. The van der Waals surface area contributed by atoms with Crippen molar-refractivity contribution in [2.75, 3.05) is 6.61 Å². The van der Waals surface area contributed by atoms with E-state index in [4.69, 9.17) is 4.74 Å². The van der Waals surface area contributed by atoms with Crippen molar-refractivity contribution in [2.24, 2.45) is 28.6 Å². The molecule has 4 N–H and O–H groups in total. The first kappa shape index (κ1) is 20.5. The van der Waals surface area contributed by atoms with Gasteiger partial charge in [-0.1, -0.05) is 6.92 Å². The first-order valence-electron chi connectivity index (χ1n) is 11.3. The number of fused-ring (bicyclic) bond motifs is 5. The van der Waals surface area contributed by atoms with Crippen LogP contribution in [-0.4, -0.2) is 56.3 Å². The highest BCUT2D eigenvalue weighted by Crippen LogP contribution is 2.70. The van der Waals surface area contributed by atoms with E-state index in [2.05, 4.69) is 6.92 Å². The third-order valence-electron chi connectivity index (χ3n) is 9.94. The van der Waals surface area contributed by atoms with Gasteiger partial charge in [0.25, 0.3) is 0 Å². The second kappa shape index (κ2) is 6.30. The molecule has 7 heteroatoms. The normalized spacial score (nSPS) is 52.7. The van der Waals surface area contributed by atoms with Crippen LogP contribution in [0.15, 0.2) is 11.6 Å². The van der Waals surface area contributed by atoms with Crippen molar-refractivity contribution in [3.8, 4) is 0 Å². The van der Waals surface area contributed by atoms with E-state index in [0.29, 0.717) is 32.1 Å². The SMILES string of the molecule is C[C@]12CC[C@H]3[C@@H](CCC4(O)CC(O)CC[C@]34C(=O)O)[C@]1(O)CC[C@H]2C1=CC(=O)OC1. The van der Waals surface area contributed by atoms with Gasteiger partial charge in [0.15, 0.2) is 0 Å². The van der Waals surface area contributed by atoms with E-state index in [1.54, 1.807) is 6.08 Å². The number of aliphatic hydroxyl groups excluding tert-OH is 1. The van der Waals surface area contributed by atoms with Gasteiger partial charge in [-0.2, -0.15) is 0 Å². The van der Waals surface area contributed by atoms with E-state index in [-0.39, 0.29) is 49.6 Å². The molecule has 5 rings (SSSR count). The summed E-state index contributed by atoms with van der Waals surface area (Å²) < 4.78 is 5.14. The Bertz CT molecular complexity index is 822. The van der Waals surface area contributed by atoms with E-state index in [0.717, 1.165) is 12.0 Å². The molecule has 0 spiro atoms. The van der Waals surface area contributed by atoms with Crippen LogP contribution in [0.4, 0.5) is 0 Å². The molecule has 5 aliphatic rings. The van der Waals surface area contributed by atoms with Gasteiger partial charge >= 0.3 is 11.9 Å². The highest BCUT2D eigenvalue weighted by molar-refractivity contribution is 5.85. The maximum atomic E-state index is 12.7. The van der Waals surface area contributed by atoms with Gasteiger partial charge in [0, 0.05) is 17.9 Å². The van der Waals surface area contributed by atoms with Crippen molar-refractivity contribution in [3.63, 3.8) is 0 Å². The summed E-state index contributed by atoms with van der Waals surface area (Å²) in [4.78, 5) is 24.3. The standard InChI is InChI=1S/C23H32O7/c1-20-6-3-16-17(23(20,29)9-5-15(20)13-10-18(25)30-12-13)4-7-21(28)11-14(24)2-8-22(16,21)19(26)27/h10,14-17,24,28-29H,2-9,11-12H2,1H3,(H,26,27)/t14?,15-,16-,17+,20+,21?,22+,23+/m0/s1. The zero-order valence-electron chi connectivity index (χ0n) is 17.5. The molecule has 0 amide bonds. The number of aliphatic carboxylic acids is 1. The van der Waals surface area contributed by atoms with Crippen LogP contribution in [0, 0.1) is 28.6 Å². The van der Waals surface area contributed by atoms with Gasteiger partial charge in [-0.15, -0.1) is 0 Å². The third kappa shape index (κ3) is 2.32. The Morgan fingerprint density at radius 1 is 1.07 bits per heavy atom. The Balaban J connectivity index is 1.54. The van der Waals surface area contributed by atoms with Crippen LogP contribution < -0.4 is 0 Å². The Hall–Kier alpha value is -1.44. The van der Waals surface area contributed by atoms with Gasteiger partial charge in [-0.05, 0) is 74.7 Å². The lowest BCUT2D eigenvalue weighted by Gasteiger charge is -2.65. The first-order valence-corrected chi connectivity index (χ1v) is 11.3. The lowest BCUT2D eigenvalue weighted by atomic mass is 9.41. The Morgan fingerprint density at radius 3 is 2.47 bits per heavy atom. The van der Waals surface area contributed by atoms with Crippen LogP contribution in [0.25, 0.3) is 0 Å². The van der Waals surface area contributed by atoms with Gasteiger partial charge in [0.05, 0.1) is 22.7 Å². The van der Waals surface area contributed by atoms with Crippen molar-refractivity contribution in [3.05, 3.63) is 11.6 Å². The third-order valence-corrected chi connectivity index (χ3v) is 9.94. The van der Waals surface area contributed by atoms with Crippen LogP contribution in [-0.2, 0) is 14.3 Å². The number of esters is 1. The fourth-order valence-electron chi connectivity index (χ4n) is 8.49. The number of carboxylic acids is 1. The quantitative estimate of drug-likeness (QED) is 0.502. The number of hydrogen-bond donors (Lipinski definition) is 4. The molecule has 1 heterocycles. The fourth-order valence-corrected chi connectivity index (χ4v) is 8.49. The lowest BCUT2D eigenvalue weighted by Crippen LogP contribution is -2.70.